The number of ether oxygens (including phenoxy) is 1. The van der Waals surface area contributed by atoms with Crippen molar-refractivity contribution in [3.05, 3.63) is 145 Å². The van der Waals surface area contributed by atoms with Gasteiger partial charge in [-0.2, -0.15) is 5.10 Å². The van der Waals surface area contributed by atoms with Crippen LogP contribution in [0.2, 0.25) is 0 Å². The predicted molar refractivity (Wildman–Crippen MR) is 244 cm³/mol. The first-order valence-electron chi connectivity index (χ1n) is 22.8. The zero-order chi connectivity index (χ0) is 44.9. The van der Waals surface area contributed by atoms with Crippen molar-refractivity contribution in [2.75, 3.05) is 32.1 Å². The van der Waals surface area contributed by atoms with Gasteiger partial charge in [0.2, 0.25) is 0 Å². The molecule has 3 aromatic carbocycles. The Bertz CT molecular complexity index is 3170. The van der Waals surface area contributed by atoms with E-state index in [1.165, 1.54) is 5.56 Å². The number of rotatable bonds is 9. The minimum Gasteiger partial charge on any atom is -0.381 e. The van der Waals surface area contributed by atoms with Gasteiger partial charge in [0.05, 0.1) is 30.3 Å². The molecule has 11 rings (SSSR count). The molecule has 0 bridgehead atoms. The number of benzene rings is 3. The van der Waals surface area contributed by atoms with Gasteiger partial charge in [0.25, 0.3) is 5.91 Å². The zero-order valence-electron chi connectivity index (χ0n) is 37.1. The maximum absolute atomic E-state index is 15.5. The molecule has 14 nitrogen and oxygen atoms in total. The van der Waals surface area contributed by atoms with Crippen LogP contribution < -0.4 is 11.4 Å². The zero-order valence-corrected chi connectivity index (χ0v) is 37.9. The Labute approximate surface area is 374 Å². The second-order valence-electron chi connectivity index (χ2n) is 18.8. The SMILES string of the molecule is Cc1cc(-n2nc3c(c2-n2ccn(-c4ccc(CP5(=O)CCCC5)cc4)c2=O)C(C)N(C(=O)c2cc4cc(C5CCOCC5)ccc4n2C2(c4noc(=O)[nH]4)CC2C)CC3)cc(C)c1F. The standard InChI is InChI=1S/C49H52FN8O6P/c1-29-23-38(24-30(2)43(29)50)58-44(56-18-17-55(48(56)61)37-10-7-33(8-11-37)28-65(62)21-5-6-22-65)42-32(4)54(16-13-39(42)52-58)45(59)41-26-36-25-35(34-14-19-63-20-15-34)9-12-40(36)57(41)49(27-31(49)3)46-51-47(60)64-53-46/h7-12,17-18,23-26,31-32,34H,5-6,13-16,19-22,27-28H2,1-4H3,(H,51,53,60). The Balaban J connectivity index is 1.02. The predicted octanol–water partition coefficient (Wildman–Crippen LogP) is 8.29. The number of hydrogen-bond acceptors (Lipinski definition) is 8. The molecule has 1 saturated carbocycles. The maximum atomic E-state index is 15.5. The van der Waals surface area contributed by atoms with Crippen LogP contribution in [0.5, 0.6) is 0 Å². The van der Waals surface area contributed by atoms with Crippen LogP contribution in [0, 0.1) is 25.6 Å². The number of fused-ring (bicyclic) bond motifs is 2. The van der Waals surface area contributed by atoms with E-state index in [4.69, 9.17) is 14.4 Å². The highest BCUT2D eigenvalue weighted by molar-refractivity contribution is 7.63. The third-order valence-electron chi connectivity index (χ3n) is 14.7. The molecule has 3 fully saturated rings. The molecule has 4 aromatic heterocycles. The summed E-state index contributed by atoms with van der Waals surface area (Å²) >= 11 is 0. The molecule has 3 unspecified atom stereocenters. The lowest BCUT2D eigenvalue weighted by Crippen LogP contribution is -2.41. The number of nitrogens with one attached hydrogen (secondary N) is 1. The number of hydrogen-bond donors (Lipinski definition) is 1. The molecule has 16 heteroatoms. The molecule has 4 aliphatic rings. The van der Waals surface area contributed by atoms with E-state index in [1.54, 1.807) is 52.2 Å². The average Bonchev–Trinajstić information content (AvgIpc) is 3.96. The van der Waals surface area contributed by atoms with E-state index in [-0.39, 0.29) is 23.3 Å². The lowest BCUT2D eigenvalue weighted by Gasteiger charge is -2.34. The van der Waals surface area contributed by atoms with Crippen LogP contribution >= 0.6 is 7.14 Å². The molecule has 1 N–H and O–H groups in total. The van der Waals surface area contributed by atoms with Crippen molar-refractivity contribution in [3.8, 4) is 17.2 Å². The first-order chi connectivity index (χ1) is 31.3. The van der Waals surface area contributed by atoms with Crippen molar-refractivity contribution in [3.63, 3.8) is 0 Å². The molecule has 7 heterocycles. The lowest BCUT2D eigenvalue weighted by atomic mass is 9.91. The summed E-state index contributed by atoms with van der Waals surface area (Å²) in [5.41, 5.74) is 5.91. The second-order valence-corrected chi connectivity index (χ2v) is 22.1. The number of halogens is 1. The normalized spacial score (nSPS) is 21.9. The largest absolute Gasteiger partial charge is 0.438 e. The van der Waals surface area contributed by atoms with E-state index in [9.17, 15) is 14.2 Å². The molecule has 2 saturated heterocycles. The van der Waals surface area contributed by atoms with E-state index in [1.807, 2.05) is 42.2 Å². The third kappa shape index (κ3) is 6.83. The molecule has 1 amide bonds. The summed E-state index contributed by atoms with van der Waals surface area (Å²) in [4.78, 5) is 47.3. The molecule has 3 atom stereocenters. The van der Waals surface area contributed by atoms with Crippen LogP contribution in [0.1, 0.15) is 108 Å². The summed E-state index contributed by atoms with van der Waals surface area (Å²) in [6, 6.07) is 18.9. The van der Waals surface area contributed by atoms with Crippen LogP contribution in [-0.2, 0) is 27.4 Å². The number of nitrogens with zero attached hydrogens (tertiary/aromatic N) is 7. The van der Waals surface area contributed by atoms with Crippen molar-refractivity contribution >= 4 is 24.0 Å². The van der Waals surface area contributed by atoms with Gasteiger partial charge in [0.1, 0.15) is 22.9 Å². The van der Waals surface area contributed by atoms with Gasteiger partial charge in [-0.3, -0.25) is 23.4 Å². The van der Waals surface area contributed by atoms with Gasteiger partial charge in [0, 0.05) is 73.5 Å². The fourth-order valence-electron chi connectivity index (χ4n) is 11.1. The molecular formula is C49H52FN8O6P. The summed E-state index contributed by atoms with van der Waals surface area (Å²) in [6.45, 7) is 9.22. The molecule has 3 aliphatic heterocycles. The number of H-pyrrole nitrogens is 1. The Kier molecular flexibility index (Phi) is 9.96. The number of carbonyl (C=O) groups is 1. The molecule has 0 spiro atoms. The van der Waals surface area contributed by atoms with Crippen molar-refractivity contribution in [1.82, 2.24) is 38.5 Å². The summed E-state index contributed by atoms with van der Waals surface area (Å²) in [5.74, 6) is 0.0274. The number of aromatic amines is 1. The molecule has 65 heavy (non-hydrogen) atoms. The Morgan fingerprint density at radius 2 is 1.65 bits per heavy atom. The van der Waals surface area contributed by atoms with E-state index in [2.05, 4.69) is 39.8 Å². The third-order valence-corrected chi connectivity index (χ3v) is 17.9. The van der Waals surface area contributed by atoms with Crippen LogP contribution in [0.25, 0.3) is 28.1 Å². The van der Waals surface area contributed by atoms with Crippen LogP contribution in [0.15, 0.2) is 87.2 Å². The smallest absolute Gasteiger partial charge is 0.381 e. The summed E-state index contributed by atoms with van der Waals surface area (Å²) in [5, 5.41) is 10.2. The lowest BCUT2D eigenvalue weighted by molar-refractivity contribution is 0.0663. The van der Waals surface area contributed by atoms with Gasteiger partial charge in [-0.25, -0.2) is 18.7 Å². The Hall–Kier alpha value is -6.05. The van der Waals surface area contributed by atoms with Crippen molar-refractivity contribution in [2.45, 2.75) is 89.9 Å². The van der Waals surface area contributed by atoms with Crippen LogP contribution in [0.3, 0.4) is 0 Å². The monoisotopic (exact) mass is 898 g/mol. The highest BCUT2D eigenvalue weighted by Gasteiger charge is 2.59. The van der Waals surface area contributed by atoms with Crippen molar-refractivity contribution in [1.29, 1.82) is 0 Å². The van der Waals surface area contributed by atoms with Crippen LogP contribution in [-0.4, -0.2) is 76.5 Å². The fourth-order valence-corrected chi connectivity index (χ4v) is 14.1. The van der Waals surface area contributed by atoms with Gasteiger partial charge in [0.15, 0.2) is 5.82 Å². The minimum absolute atomic E-state index is 0.0302. The Morgan fingerprint density at radius 1 is 0.938 bits per heavy atom. The van der Waals surface area contributed by atoms with Gasteiger partial charge >= 0.3 is 11.4 Å². The topological polar surface area (TPSA) is 155 Å². The molecule has 336 valence electrons. The first-order valence-corrected chi connectivity index (χ1v) is 25.1. The molecule has 7 aromatic rings. The summed E-state index contributed by atoms with van der Waals surface area (Å²) in [6.07, 6.45) is 10.5. The second kappa shape index (κ2) is 15.5. The van der Waals surface area contributed by atoms with E-state index < -0.39 is 24.5 Å². The number of aromatic nitrogens is 7. The van der Waals surface area contributed by atoms with E-state index in [0.717, 1.165) is 60.2 Å². The fraction of sp³-hybridized carbons (Fsp3) is 0.408. The highest BCUT2D eigenvalue weighted by Crippen LogP contribution is 2.56. The minimum atomic E-state index is -2.21. The van der Waals surface area contributed by atoms with Gasteiger partial charge in [-0.1, -0.05) is 30.3 Å². The number of aryl methyl sites for hydroxylation is 2. The first kappa shape index (κ1) is 41.6. The van der Waals surface area contributed by atoms with Crippen molar-refractivity contribution in [2.24, 2.45) is 5.92 Å². The van der Waals surface area contributed by atoms with Gasteiger partial charge in [-0.05, 0) is 129 Å². The number of amides is 1. The molecular weight excluding hydrogens is 847 g/mol. The summed E-state index contributed by atoms with van der Waals surface area (Å²) in [7, 11) is -2.21. The van der Waals surface area contributed by atoms with E-state index in [0.29, 0.717) is 90.1 Å². The molecule has 1 aliphatic carbocycles. The average molecular weight is 899 g/mol. The van der Waals surface area contributed by atoms with Gasteiger partial charge < -0.3 is 18.8 Å². The van der Waals surface area contributed by atoms with Crippen LogP contribution in [0.4, 0.5) is 4.39 Å². The number of carbonyl (C=O) groups excluding carboxylic acids is 1. The van der Waals surface area contributed by atoms with Gasteiger partial charge in [-0.15, -0.1) is 0 Å². The maximum Gasteiger partial charge on any atom is 0.438 e. The van der Waals surface area contributed by atoms with E-state index >= 15 is 9.18 Å². The Morgan fingerprint density at radius 3 is 2.32 bits per heavy atom. The number of imidazole rings is 1. The van der Waals surface area contributed by atoms with Crippen molar-refractivity contribution < 1.29 is 23.0 Å². The highest BCUT2D eigenvalue weighted by atomic mass is 31.2. The quantitative estimate of drug-likeness (QED) is 0.142. The molecule has 0 radical (unpaired) electrons. The summed E-state index contributed by atoms with van der Waals surface area (Å²) < 4.78 is 46.1.